The van der Waals surface area contributed by atoms with Gasteiger partial charge in [-0.25, -0.2) is 4.79 Å². The van der Waals surface area contributed by atoms with Gasteiger partial charge in [-0.1, -0.05) is 0 Å². The van der Waals surface area contributed by atoms with Crippen LogP contribution in [0.3, 0.4) is 0 Å². The molecule has 0 bridgehead atoms. The van der Waals surface area contributed by atoms with E-state index in [-0.39, 0.29) is 5.91 Å². The first-order valence-corrected chi connectivity index (χ1v) is 7.96. The summed E-state index contributed by atoms with van der Waals surface area (Å²) in [6.45, 7) is 3.05. The third-order valence-electron chi connectivity index (χ3n) is 3.97. The summed E-state index contributed by atoms with van der Waals surface area (Å²) in [5.74, 6) is -0.987. The number of carboxylic acids is 1. The highest BCUT2D eigenvalue weighted by atomic mass is 32.1. The van der Waals surface area contributed by atoms with Gasteiger partial charge in [0.15, 0.2) is 0 Å². The Morgan fingerprint density at radius 1 is 1.36 bits per heavy atom. The first-order chi connectivity index (χ1) is 10.5. The summed E-state index contributed by atoms with van der Waals surface area (Å²) in [6.07, 6.45) is 1.69. The molecule has 6 heteroatoms. The molecule has 0 spiro atoms. The number of carbonyl (C=O) groups is 2. The van der Waals surface area contributed by atoms with Crippen molar-refractivity contribution in [2.24, 2.45) is 5.41 Å². The van der Waals surface area contributed by atoms with Gasteiger partial charge in [-0.2, -0.15) is 0 Å². The van der Waals surface area contributed by atoms with Gasteiger partial charge < -0.3 is 15.2 Å². The fraction of sp³-hybridized carbons (Fsp3) is 0.375. The maximum Gasteiger partial charge on any atom is 0.345 e. The number of hydrogen-bond donors (Lipinski definition) is 2. The number of amides is 1. The van der Waals surface area contributed by atoms with E-state index in [0.717, 1.165) is 22.9 Å². The van der Waals surface area contributed by atoms with Crippen molar-refractivity contribution < 1.29 is 19.4 Å². The van der Waals surface area contributed by atoms with Crippen LogP contribution in [0.2, 0.25) is 0 Å². The second kappa shape index (κ2) is 5.70. The van der Waals surface area contributed by atoms with Crippen molar-refractivity contribution in [2.75, 3.05) is 18.5 Å². The van der Waals surface area contributed by atoms with Crippen molar-refractivity contribution in [1.82, 2.24) is 0 Å². The Labute approximate surface area is 131 Å². The third kappa shape index (κ3) is 2.84. The van der Waals surface area contributed by atoms with E-state index in [0.29, 0.717) is 23.8 Å². The van der Waals surface area contributed by atoms with Crippen LogP contribution in [0, 0.1) is 5.41 Å². The van der Waals surface area contributed by atoms with E-state index in [1.807, 2.05) is 19.1 Å². The lowest BCUT2D eigenvalue weighted by atomic mass is 9.84. The molecule has 1 unspecified atom stereocenters. The minimum absolute atomic E-state index is 0.0553. The van der Waals surface area contributed by atoms with Crippen LogP contribution >= 0.6 is 11.3 Å². The second-order valence-corrected chi connectivity index (χ2v) is 6.92. The second-order valence-electron chi connectivity index (χ2n) is 5.84. The number of carboxylic acid groups (broad SMARTS) is 1. The maximum absolute atomic E-state index is 12.5. The van der Waals surface area contributed by atoms with Crippen LogP contribution in [0.25, 0.3) is 10.1 Å². The Balaban J connectivity index is 1.81. The molecule has 0 saturated carbocycles. The van der Waals surface area contributed by atoms with Gasteiger partial charge in [0.1, 0.15) is 4.88 Å². The molecular formula is C16H17NO4S. The summed E-state index contributed by atoms with van der Waals surface area (Å²) in [4.78, 5) is 23.8. The molecule has 1 fully saturated rings. The number of nitrogens with one attached hydrogen (secondary N) is 1. The first-order valence-electron chi connectivity index (χ1n) is 7.14. The van der Waals surface area contributed by atoms with Crippen molar-refractivity contribution >= 4 is 39.0 Å². The molecule has 1 aliphatic rings. The zero-order valence-electron chi connectivity index (χ0n) is 12.2. The van der Waals surface area contributed by atoms with E-state index in [9.17, 15) is 9.59 Å². The van der Waals surface area contributed by atoms with E-state index in [2.05, 4.69) is 5.32 Å². The molecule has 22 heavy (non-hydrogen) atoms. The Morgan fingerprint density at radius 2 is 2.18 bits per heavy atom. The molecule has 2 N–H and O–H groups in total. The molecule has 1 aromatic heterocycles. The quantitative estimate of drug-likeness (QED) is 0.909. The average molecular weight is 319 g/mol. The highest BCUT2D eigenvalue weighted by Crippen LogP contribution is 2.31. The smallest absolute Gasteiger partial charge is 0.345 e. The van der Waals surface area contributed by atoms with Crippen molar-refractivity contribution in [1.29, 1.82) is 0 Å². The number of ether oxygens (including phenoxy) is 1. The number of anilines is 1. The zero-order valence-corrected chi connectivity index (χ0v) is 13.0. The van der Waals surface area contributed by atoms with Crippen LogP contribution in [-0.2, 0) is 9.53 Å². The first kappa shape index (κ1) is 15.0. The lowest BCUT2D eigenvalue weighted by Gasteiger charge is -2.31. The monoisotopic (exact) mass is 319 g/mol. The molecule has 1 amide bonds. The normalized spacial score (nSPS) is 21.7. The number of carbonyl (C=O) groups excluding carboxylic acids is 1. The standard InChI is InChI=1S/C16H17NO4S/c1-16(5-2-6-21-9-16)15(20)17-11-3-4-12-10(7-11)8-13(22-12)14(18)19/h3-4,7-8H,2,5-6,9H2,1H3,(H,17,20)(H,18,19). The Morgan fingerprint density at radius 3 is 2.86 bits per heavy atom. The van der Waals surface area contributed by atoms with Crippen LogP contribution < -0.4 is 5.32 Å². The number of hydrogen-bond acceptors (Lipinski definition) is 4. The Kier molecular flexibility index (Phi) is 3.88. The van der Waals surface area contributed by atoms with E-state index in [1.165, 1.54) is 11.3 Å². The number of fused-ring (bicyclic) bond motifs is 1. The highest BCUT2D eigenvalue weighted by molar-refractivity contribution is 7.20. The van der Waals surface area contributed by atoms with Crippen molar-refractivity contribution in [3.8, 4) is 0 Å². The molecule has 1 saturated heterocycles. The Hall–Kier alpha value is -1.92. The van der Waals surface area contributed by atoms with E-state index in [4.69, 9.17) is 9.84 Å². The summed E-state index contributed by atoms with van der Waals surface area (Å²) in [5.41, 5.74) is 0.174. The molecule has 0 radical (unpaired) electrons. The van der Waals surface area contributed by atoms with Gasteiger partial charge >= 0.3 is 5.97 Å². The van der Waals surface area contributed by atoms with Gasteiger partial charge in [0.2, 0.25) is 5.91 Å². The highest BCUT2D eigenvalue weighted by Gasteiger charge is 2.35. The van der Waals surface area contributed by atoms with E-state index in [1.54, 1.807) is 12.1 Å². The maximum atomic E-state index is 12.5. The largest absolute Gasteiger partial charge is 0.477 e. The molecule has 116 valence electrons. The van der Waals surface area contributed by atoms with Crippen molar-refractivity contribution in [3.63, 3.8) is 0 Å². The molecule has 1 aliphatic heterocycles. The molecule has 2 heterocycles. The lowest BCUT2D eigenvalue weighted by molar-refractivity contribution is -0.131. The zero-order chi connectivity index (χ0) is 15.7. The SMILES string of the molecule is CC1(C(=O)Nc2ccc3sc(C(=O)O)cc3c2)CCCOC1. The fourth-order valence-corrected chi connectivity index (χ4v) is 3.50. The van der Waals surface area contributed by atoms with Crippen LogP contribution in [0.1, 0.15) is 29.4 Å². The van der Waals surface area contributed by atoms with E-state index >= 15 is 0 Å². The van der Waals surface area contributed by atoms with Gasteiger partial charge in [0.05, 0.1) is 12.0 Å². The molecule has 1 atom stereocenters. The summed E-state index contributed by atoms with van der Waals surface area (Å²) >= 11 is 1.23. The number of rotatable bonds is 3. The minimum atomic E-state index is -0.932. The molecule has 3 rings (SSSR count). The Bertz CT molecular complexity index is 731. The van der Waals surface area contributed by atoms with Gasteiger partial charge in [-0.05, 0) is 49.4 Å². The lowest BCUT2D eigenvalue weighted by Crippen LogP contribution is -2.40. The minimum Gasteiger partial charge on any atom is -0.477 e. The van der Waals surface area contributed by atoms with Gasteiger partial charge in [-0.3, -0.25) is 4.79 Å². The summed E-state index contributed by atoms with van der Waals surface area (Å²) in [7, 11) is 0. The predicted octanol–water partition coefficient (Wildman–Crippen LogP) is 3.35. The number of aromatic carboxylic acids is 1. The predicted molar refractivity (Wildman–Crippen MR) is 85.6 cm³/mol. The summed E-state index contributed by atoms with van der Waals surface area (Å²) in [6, 6.07) is 7.07. The fourth-order valence-electron chi connectivity index (χ4n) is 2.62. The molecule has 0 aliphatic carbocycles. The number of benzene rings is 1. The molecule has 5 nitrogen and oxygen atoms in total. The van der Waals surface area contributed by atoms with Gasteiger partial charge in [0, 0.05) is 17.0 Å². The topological polar surface area (TPSA) is 75.6 Å². The van der Waals surface area contributed by atoms with Gasteiger partial charge in [-0.15, -0.1) is 11.3 Å². The van der Waals surface area contributed by atoms with Crippen LogP contribution in [0.5, 0.6) is 0 Å². The third-order valence-corrected chi connectivity index (χ3v) is 5.08. The van der Waals surface area contributed by atoms with Crippen LogP contribution in [-0.4, -0.2) is 30.2 Å². The molecule has 2 aromatic rings. The summed E-state index contributed by atoms with van der Waals surface area (Å²) in [5, 5.41) is 12.8. The summed E-state index contributed by atoms with van der Waals surface area (Å²) < 4.78 is 6.31. The number of thiophene rings is 1. The van der Waals surface area contributed by atoms with Crippen molar-refractivity contribution in [3.05, 3.63) is 29.1 Å². The average Bonchev–Trinajstić information content (AvgIpc) is 2.91. The van der Waals surface area contributed by atoms with Gasteiger partial charge in [0.25, 0.3) is 0 Å². The van der Waals surface area contributed by atoms with E-state index < -0.39 is 11.4 Å². The van der Waals surface area contributed by atoms with Crippen LogP contribution in [0.4, 0.5) is 5.69 Å². The molecule has 1 aromatic carbocycles. The molecular weight excluding hydrogens is 302 g/mol. The van der Waals surface area contributed by atoms with Crippen molar-refractivity contribution in [2.45, 2.75) is 19.8 Å². The van der Waals surface area contributed by atoms with Crippen LogP contribution in [0.15, 0.2) is 24.3 Å².